The fourth-order valence-electron chi connectivity index (χ4n) is 2.29. The molecule has 0 saturated heterocycles. The molecular weight excluding hydrogens is 286 g/mol. The lowest BCUT2D eigenvalue weighted by Gasteiger charge is -2.08. The monoisotopic (exact) mass is 311 g/mol. The van der Waals surface area contributed by atoms with Crippen LogP contribution in [-0.2, 0) is 11.2 Å². The van der Waals surface area contributed by atoms with Crippen molar-refractivity contribution in [1.82, 2.24) is 4.98 Å². The molecule has 0 aliphatic heterocycles. The number of aromatic nitrogens is 1. The van der Waals surface area contributed by atoms with Gasteiger partial charge in [-0.1, -0.05) is 50.1 Å². The van der Waals surface area contributed by atoms with Crippen LogP contribution in [0.3, 0.4) is 0 Å². The predicted molar refractivity (Wildman–Crippen MR) is 95.6 cm³/mol. The smallest absolute Gasteiger partial charge is 0.224 e. The van der Waals surface area contributed by atoms with Gasteiger partial charge in [-0.2, -0.15) is 0 Å². The Labute approximate surface area is 138 Å². The summed E-state index contributed by atoms with van der Waals surface area (Å²) in [6, 6.07) is 13.8. The summed E-state index contributed by atoms with van der Waals surface area (Å²) in [6.07, 6.45) is 6.50. The normalized spacial score (nSPS) is 10.3. The minimum Gasteiger partial charge on any atom is -0.370 e. The van der Waals surface area contributed by atoms with E-state index >= 15 is 0 Å². The Morgan fingerprint density at radius 3 is 2.61 bits per heavy atom. The van der Waals surface area contributed by atoms with Crippen LogP contribution in [-0.4, -0.2) is 17.4 Å². The van der Waals surface area contributed by atoms with E-state index in [1.54, 1.807) is 6.20 Å². The number of nitrogens with one attached hydrogen (secondary N) is 2. The number of pyridine rings is 1. The zero-order valence-electron chi connectivity index (χ0n) is 13.7. The van der Waals surface area contributed by atoms with Crippen LogP contribution in [0.1, 0.15) is 38.2 Å². The highest BCUT2D eigenvalue weighted by atomic mass is 16.1. The lowest BCUT2D eigenvalue weighted by atomic mass is 10.1. The van der Waals surface area contributed by atoms with E-state index < -0.39 is 0 Å². The van der Waals surface area contributed by atoms with Crippen LogP contribution < -0.4 is 10.6 Å². The summed E-state index contributed by atoms with van der Waals surface area (Å²) >= 11 is 0. The van der Waals surface area contributed by atoms with Gasteiger partial charge in [0.1, 0.15) is 5.82 Å². The van der Waals surface area contributed by atoms with Crippen LogP contribution in [0, 0.1) is 0 Å². The Bertz CT molecular complexity index is 581. The molecule has 1 aromatic carbocycles. The third-order valence-electron chi connectivity index (χ3n) is 3.62. The average Bonchev–Trinajstić information content (AvgIpc) is 2.59. The first-order valence-corrected chi connectivity index (χ1v) is 8.31. The first-order chi connectivity index (χ1) is 11.3. The van der Waals surface area contributed by atoms with Gasteiger partial charge in [0.15, 0.2) is 0 Å². The molecule has 0 fully saturated rings. The van der Waals surface area contributed by atoms with Crippen LogP contribution in [0.25, 0.3) is 0 Å². The molecule has 1 heterocycles. The molecule has 2 N–H and O–H groups in total. The molecule has 0 radical (unpaired) electrons. The molecule has 1 aromatic heterocycles. The summed E-state index contributed by atoms with van der Waals surface area (Å²) in [5, 5.41) is 6.17. The van der Waals surface area contributed by atoms with E-state index in [0.717, 1.165) is 30.9 Å². The molecule has 0 unspecified atom stereocenters. The van der Waals surface area contributed by atoms with Crippen LogP contribution in [0.4, 0.5) is 11.5 Å². The Morgan fingerprint density at radius 1 is 1.09 bits per heavy atom. The first-order valence-electron chi connectivity index (χ1n) is 8.31. The summed E-state index contributed by atoms with van der Waals surface area (Å²) in [7, 11) is 0. The third-order valence-corrected chi connectivity index (χ3v) is 3.62. The highest BCUT2D eigenvalue weighted by molar-refractivity contribution is 5.90. The van der Waals surface area contributed by atoms with Crippen molar-refractivity contribution in [1.29, 1.82) is 0 Å². The number of hydrogen-bond donors (Lipinski definition) is 2. The lowest BCUT2D eigenvalue weighted by Crippen LogP contribution is -2.12. The van der Waals surface area contributed by atoms with Gasteiger partial charge in [0.05, 0.1) is 11.9 Å². The quantitative estimate of drug-likeness (QED) is 0.681. The highest BCUT2D eigenvalue weighted by Gasteiger charge is 2.03. The molecule has 0 aliphatic carbocycles. The summed E-state index contributed by atoms with van der Waals surface area (Å²) in [4.78, 5) is 16.3. The van der Waals surface area contributed by atoms with Gasteiger partial charge >= 0.3 is 0 Å². The Hall–Kier alpha value is -2.36. The number of amides is 1. The number of aryl methyl sites for hydroxylation is 1. The van der Waals surface area contributed by atoms with Crippen molar-refractivity contribution in [3.63, 3.8) is 0 Å². The average molecular weight is 311 g/mol. The van der Waals surface area contributed by atoms with Crippen molar-refractivity contribution in [2.45, 2.75) is 39.0 Å². The van der Waals surface area contributed by atoms with E-state index in [-0.39, 0.29) is 5.91 Å². The second-order valence-electron chi connectivity index (χ2n) is 5.60. The predicted octanol–water partition coefficient (Wildman–Crippen LogP) is 4.26. The number of anilines is 2. The molecule has 0 atom stereocenters. The molecule has 1 amide bonds. The summed E-state index contributed by atoms with van der Waals surface area (Å²) < 4.78 is 0. The van der Waals surface area contributed by atoms with Crippen molar-refractivity contribution < 1.29 is 4.79 Å². The van der Waals surface area contributed by atoms with E-state index in [1.807, 2.05) is 42.5 Å². The molecule has 0 saturated carbocycles. The Balaban J connectivity index is 1.73. The summed E-state index contributed by atoms with van der Waals surface area (Å²) in [5.74, 6) is 0.864. The van der Waals surface area contributed by atoms with Crippen molar-refractivity contribution in [3.05, 3.63) is 54.2 Å². The van der Waals surface area contributed by atoms with Crippen molar-refractivity contribution in [3.8, 4) is 0 Å². The minimum atomic E-state index is 0.0132. The molecule has 0 spiro atoms. The molecule has 122 valence electrons. The van der Waals surface area contributed by atoms with Gasteiger partial charge in [0.25, 0.3) is 0 Å². The van der Waals surface area contributed by atoms with Gasteiger partial charge in [-0.05, 0) is 30.5 Å². The maximum Gasteiger partial charge on any atom is 0.224 e. The molecule has 4 nitrogen and oxygen atoms in total. The second kappa shape index (κ2) is 9.62. The van der Waals surface area contributed by atoms with Gasteiger partial charge in [-0.3, -0.25) is 4.79 Å². The minimum absolute atomic E-state index is 0.0132. The Kier molecular flexibility index (Phi) is 7.11. The molecule has 4 heteroatoms. The summed E-state index contributed by atoms with van der Waals surface area (Å²) in [5.41, 5.74) is 1.91. The number of benzene rings is 1. The molecule has 0 bridgehead atoms. The fraction of sp³-hybridized carbons (Fsp3) is 0.368. The van der Waals surface area contributed by atoms with Gasteiger partial charge in [0, 0.05) is 13.0 Å². The molecule has 23 heavy (non-hydrogen) atoms. The zero-order valence-corrected chi connectivity index (χ0v) is 13.7. The number of carbonyl (C=O) groups is 1. The third kappa shape index (κ3) is 6.51. The van der Waals surface area contributed by atoms with Crippen LogP contribution in [0.5, 0.6) is 0 Å². The van der Waals surface area contributed by atoms with Gasteiger partial charge < -0.3 is 10.6 Å². The SMILES string of the molecule is CCCCCNc1ccc(NC(=O)CCc2ccccc2)cn1. The van der Waals surface area contributed by atoms with Crippen molar-refractivity contribution in [2.24, 2.45) is 0 Å². The number of rotatable bonds is 9. The molecule has 2 aromatic rings. The van der Waals surface area contributed by atoms with E-state index in [1.165, 1.54) is 18.4 Å². The van der Waals surface area contributed by atoms with Crippen molar-refractivity contribution in [2.75, 3.05) is 17.2 Å². The fourth-order valence-corrected chi connectivity index (χ4v) is 2.29. The maximum absolute atomic E-state index is 12.0. The van der Waals surface area contributed by atoms with E-state index in [0.29, 0.717) is 6.42 Å². The van der Waals surface area contributed by atoms with Gasteiger partial charge in [-0.15, -0.1) is 0 Å². The highest BCUT2D eigenvalue weighted by Crippen LogP contribution is 2.11. The van der Waals surface area contributed by atoms with Gasteiger partial charge in [0.2, 0.25) is 5.91 Å². The molecule has 2 rings (SSSR count). The van der Waals surface area contributed by atoms with E-state index in [4.69, 9.17) is 0 Å². The van der Waals surface area contributed by atoms with Crippen molar-refractivity contribution >= 4 is 17.4 Å². The maximum atomic E-state index is 12.0. The molecule has 0 aliphatic rings. The summed E-state index contributed by atoms with van der Waals surface area (Å²) in [6.45, 7) is 3.12. The zero-order chi connectivity index (χ0) is 16.3. The van der Waals surface area contributed by atoms with Crippen LogP contribution >= 0.6 is 0 Å². The standard InChI is InChI=1S/C19H25N3O/c1-2-3-7-14-20-18-12-11-17(15-21-18)22-19(23)13-10-16-8-5-4-6-9-16/h4-6,8-9,11-12,15H,2-3,7,10,13-14H2,1H3,(H,20,21)(H,22,23). The van der Waals surface area contributed by atoms with E-state index in [2.05, 4.69) is 22.5 Å². The number of hydrogen-bond acceptors (Lipinski definition) is 3. The Morgan fingerprint density at radius 2 is 1.91 bits per heavy atom. The van der Waals surface area contributed by atoms with Gasteiger partial charge in [-0.25, -0.2) is 4.98 Å². The van der Waals surface area contributed by atoms with Crippen LogP contribution in [0.15, 0.2) is 48.7 Å². The lowest BCUT2D eigenvalue weighted by molar-refractivity contribution is -0.116. The second-order valence-corrected chi connectivity index (χ2v) is 5.60. The first kappa shape index (κ1) is 17.0. The number of unbranched alkanes of at least 4 members (excludes halogenated alkanes) is 2. The van der Waals surface area contributed by atoms with E-state index in [9.17, 15) is 4.79 Å². The topological polar surface area (TPSA) is 54.0 Å². The van der Waals surface area contributed by atoms with Crippen LogP contribution in [0.2, 0.25) is 0 Å². The number of nitrogens with zero attached hydrogens (tertiary/aromatic N) is 1. The molecular formula is C19H25N3O. The number of carbonyl (C=O) groups excluding carboxylic acids is 1. The largest absolute Gasteiger partial charge is 0.370 e.